The van der Waals surface area contributed by atoms with Crippen LogP contribution in [0, 0.1) is 34.0 Å². The minimum atomic E-state index is -0.396. The van der Waals surface area contributed by atoms with Gasteiger partial charge in [-0.05, 0) is 80.6 Å². The van der Waals surface area contributed by atoms with Gasteiger partial charge in [-0.15, -0.1) is 0 Å². The van der Waals surface area contributed by atoms with Gasteiger partial charge in [-0.1, -0.05) is 19.9 Å². The summed E-state index contributed by atoms with van der Waals surface area (Å²) >= 11 is 0. The fourth-order valence-corrected chi connectivity index (χ4v) is 8.17. The first-order valence-electron chi connectivity index (χ1n) is 10.6. The molecular weight excluding hydrogens is 340 g/mol. The average molecular weight is 375 g/mol. The fourth-order valence-electron chi connectivity index (χ4n) is 8.17. The van der Waals surface area contributed by atoms with E-state index in [-0.39, 0.29) is 28.9 Å². The van der Waals surface area contributed by atoms with Crippen LogP contribution in [0.3, 0.4) is 0 Å². The van der Waals surface area contributed by atoms with Crippen molar-refractivity contribution in [1.29, 1.82) is 0 Å². The Labute approximate surface area is 163 Å². The zero-order valence-corrected chi connectivity index (χ0v) is 17.3. The molecule has 1 spiro atoms. The van der Waals surface area contributed by atoms with E-state index < -0.39 is 5.41 Å². The van der Waals surface area contributed by atoms with Crippen molar-refractivity contribution in [2.45, 2.75) is 78.2 Å². The van der Waals surface area contributed by atoms with E-state index in [0.717, 1.165) is 56.9 Å². The van der Waals surface area contributed by atoms with E-state index in [2.05, 4.69) is 20.4 Å². The molecule has 4 rings (SSSR count). The average Bonchev–Trinajstić information content (AvgIpc) is 2.81. The highest BCUT2D eigenvalue weighted by molar-refractivity contribution is 5.77. The Morgan fingerprint density at radius 2 is 1.81 bits per heavy atom. The second kappa shape index (κ2) is 6.09. The van der Waals surface area contributed by atoms with Crippen LogP contribution in [0.2, 0.25) is 0 Å². The Morgan fingerprint density at radius 3 is 2.48 bits per heavy atom. The van der Waals surface area contributed by atoms with Crippen LogP contribution in [0.15, 0.2) is 12.2 Å². The van der Waals surface area contributed by atoms with E-state index in [9.17, 15) is 9.59 Å². The van der Waals surface area contributed by atoms with Crippen LogP contribution >= 0.6 is 0 Å². The van der Waals surface area contributed by atoms with Crippen molar-refractivity contribution in [1.82, 2.24) is 0 Å². The van der Waals surface area contributed by atoms with Gasteiger partial charge in [0.25, 0.3) is 0 Å². The smallest absolute Gasteiger partial charge is 0.311 e. The zero-order valence-electron chi connectivity index (χ0n) is 17.3. The Hall–Kier alpha value is -1.32. The molecule has 0 amide bonds. The highest BCUT2D eigenvalue weighted by Crippen LogP contribution is 2.72. The third-order valence-corrected chi connectivity index (χ3v) is 9.11. The molecule has 4 aliphatic carbocycles. The second-order valence-corrected chi connectivity index (χ2v) is 10.2. The Morgan fingerprint density at radius 1 is 1.07 bits per heavy atom. The molecule has 4 aliphatic rings. The van der Waals surface area contributed by atoms with Crippen LogP contribution in [0.4, 0.5) is 0 Å². The second-order valence-electron chi connectivity index (χ2n) is 10.2. The third kappa shape index (κ3) is 2.40. The molecule has 0 radical (unpaired) electrons. The van der Waals surface area contributed by atoms with E-state index in [1.807, 2.05) is 0 Å². The standard InChI is InChI=1S/C23H34O4/c1-14-16-7-8-18-21(3)10-6-11-22(4,20(25)26-5)17(21)9-12-23(18,13-16)19(14)27-15(2)24/h16-19H,1,6-13H2,2-5H3/t16-,17+,18+,19?,21-,22+,23-/m0/s1. The van der Waals surface area contributed by atoms with E-state index in [0.29, 0.717) is 17.8 Å². The molecule has 150 valence electrons. The summed E-state index contributed by atoms with van der Waals surface area (Å²) in [5, 5.41) is 0. The molecule has 2 bridgehead atoms. The molecule has 0 aromatic heterocycles. The predicted molar refractivity (Wildman–Crippen MR) is 103 cm³/mol. The summed E-state index contributed by atoms with van der Waals surface area (Å²) in [5.74, 6) is 1.06. The lowest BCUT2D eigenvalue weighted by molar-refractivity contribution is -0.197. The van der Waals surface area contributed by atoms with E-state index in [1.165, 1.54) is 14.0 Å². The lowest BCUT2D eigenvalue weighted by atomic mass is 9.40. The van der Waals surface area contributed by atoms with E-state index in [4.69, 9.17) is 9.47 Å². The molecule has 27 heavy (non-hydrogen) atoms. The van der Waals surface area contributed by atoms with Crippen LogP contribution < -0.4 is 0 Å². The summed E-state index contributed by atoms with van der Waals surface area (Å²) in [4.78, 5) is 24.6. The molecule has 0 heterocycles. The van der Waals surface area contributed by atoms with Gasteiger partial charge in [0.05, 0.1) is 12.5 Å². The molecule has 4 nitrogen and oxygen atoms in total. The van der Waals surface area contributed by atoms with Gasteiger partial charge in [0.2, 0.25) is 0 Å². The number of carbonyl (C=O) groups excluding carboxylic acids is 2. The quantitative estimate of drug-likeness (QED) is 0.521. The van der Waals surface area contributed by atoms with Gasteiger partial charge in [0.1, 0.15) is 6.10 Å². The summed E-state index contributed by atoms with van der Waals surface area (Å²) in [6.07, 6.45) is 8.43. The maximum atomic E-state index is 12.8. The number of hydrogen-bond acceptors (Lipinski definition) is 4. The highest BCUT2D eigenvalue weighted by atomic mass is 16.5. The van der Waals surface area contributed by atoms with Gasteiger partial charge >= 0.3 is 11.9 Å². The van der Waals surface area contributed by atoms with Crippen LogP contribution in [-0.2, 0) is 19.1 Å². The van der Waals surface area contributed by atoms with Crippen molar-refractivity contribution in [3.8, 4) is 0 Å². The van der Waals surface area contributed by atoms with Gasteiger partial charge < -0.3 is 9.47 Å². The van der Waals surface area contributed by atoms with Crippen molar-refractivity contribution >= 4 is 11.9 Å². The number of rotatable bonds is 2. The highest BCUT2D eigenvalue weighted by Gasteiger charge is 2.68. The molecule has 4 heteroatoms. The van der Waals surface area contributed by atoms with Crippen molar-refractivity contribution < 1.29 is 19.1 Å². The van der Waals surface area contributed by atoms with Gasteiger partial charge in [-0.3, -0.25) is 9.59 Å². The minimum absolute atomic E-state index is 0.0191. The van der Waals surface area contributed by atoms with Gasteiger partial charge in [-0.25, -0.2) is 0 Å². The van der Waals surface area contributed by atoms with Crippen molar-refractivity contribution in [2.75, 3.05) is 7.11 Å². The number of esters is 2. The lowest BCUT2D eigenvalue weighted by Crippen LogP contribution is -2.60. The molecule has 0 aromatic carbocycles. The molecule has 0 N–H and O–H groups in total. The topological polar surface area (TPSA) is 52.6 Å². The van der Waals surface area contributed by atoms with Gasteiger partial charge in [0, 0.05) is 12.3 Å². The largest absolute Gasteiger partial charge is 0.469 e. The van der Waals surface area contributed by atoms with Crippen molar-refractivity contribution in [3.63, 3.8) is 0 Å². The summed E-state index contributed by atoms with van der Waals surface area (Å²) in [5.41, 5.74) is 0.854. The maximum absolute atomic E-state index is 12.8. The van der Waals surface area contributed by atoms with Crippen molar-refractivity contribution in [3.05, 3.63) is 12.2 Å². The number of carbonyl (C=O) groups is 2. The molecule has 0 aliphatic heterocycles. The molecular formula is C23H34O4. The molecule has 4 saturated carbocycles. The molecule has 0 saturated heterocycles. The predicted octanol–water partition coefficient (Wildman–Crippen LogP) is 4.67. The summed E-state index contributed by atoms with van der Waals surface area (Å²) < 4.78 is 11.2. The number of hydrogen-bond donors (Lipinski definition) is 0. The monoisotopic (exact) mass is 374 g/mol. The first-order chi connectivity index (χ1) is 12.7. The zero-order chi connectivity index (χ0) is 19.6. The Kier molecular flexibility index (Phi) is 4.29. The van der Waals surface area contributed by atoms with Crippen molar-refractivity contribution in [2.24, 2.45) is 34.0 Å². The van der Waals surface area contributed by atoms with Crippen LogP contribution in [0.1, 0.15) is 72.1 Å². The lowest BCUT2D eigenvalue weighted by Gasteiger charge is -2.64. The van der Waals surface area contributed by atoms with Crippen LogP contribution in [-0.4, -0.2) is 25.2 Å². The normalized spacial score (nSPS) is 48.4. The summed E-state index contributed by atoms with van der Waals surface area (Å²) in [6, 6.07) is 0. The number of ether oxygens (including phenoxy) is 2. The fraction of sp³-hybridized carbons (Fsp3) is 0.826. The van der Waals surface area contributed by atoms with E-state index in [1.54, 1.807) is 0 Å². The molecule has 1 unspecified atom stereocenters. The summed E-state index contributed by atoms with van der Waals surface area (Å²) in [6.45, 7) is 10.4. The number of fused-ring (bicyclic) bond motifs is 3. The van der Waals surface area contributed by atoms with Gasteiger partial charge in [-0.2, -0.15) is 0 Å². The van der Waals surface area contributed by atoms with Gasteiger partial charge in [0.15, 0.2) is 0 Å². The third-order valence-electron chi connectivity index (χ3n) is 9.11. The SMILES string of the molecule is C=C1C(OC(C)=O)[C@]23CC[C@@H]4[C@](C)(CCC[C@@]4(C)C(=O)OC)[C@H]2CC[C@H]1C3. The first-order valence-corrected chi connectivity index (χ1v) is 10.6. The maximum Gasteiger partial charge on any atom is 0.311 e. The first kappa shape index (κ1) is 19.0. The minimum Gasteiger partial charge on any atom is -0.469 e. The molecule has 0 aromatic rings. The number of methoxy groups -OCH3 is 1. The molecule has 7 atom stereocenters. The Bertz CT molecular complexity index is 684. The summed E-state index contributed by atoms with van der Waals surface area (Å²) in [7, 11) is 1.52. The van der Waals surface area contributed by atoms with Crippen LogP contribution in [0.5, 0.6) is 0 Å². The van der Waals surface area contributed by atoms with Crippen LogP contribution in [0.25, 0.3) is 0 Å². The van der Waals surface area contributed by atoms with E-state index >= 15 is 0 Å². The molecule has 4 fully saturated rings. The Balaban J connectivity index is 1.75.